The third kappa shape index (κ3) is 14.5. The fourth-order valence-corrected chi connectivity index (χ4v) is 6.18. The minimum atomic E-state index is -1.32. The number of nitrogens with one attached hydrogen (secondary N) is 4. The molecule has 0 aromatic heterocycles. The first-order valence-electron chi connectivity index (χ1n) is 17.8. The Kier molecular flexibility index (Phi) is 17.8. The number of aliphatic carboxylic acids is 1. The van der Waals surface area contributed by atoms with Gasteiger partial charge in [0.1, 0.15) is 24.7 Å². The number of Topliss-reactive ketones (excluding diaryl/α,β-unsaturated/α-hetero) is 1. The van der Waals surface area contributed by atoms with E-state index in [0.29, 0.717) is 12.8 Å². The molecular weight excluding hydrogens is 668 g/mol. The van der Waals surface area contributed by atoms with Gasteiger partial charge in [-0.1, -0.05) is 73.1 Å². The number of hydrogen-bond donors (Lipinski definition) is 6. The number of nitrogens with zero attached hydrogens (tertiary/aromatic N) is 1. The van der Waals surface area contributed by atoms with Gasteiger partial charge in [-0.05, 0) is 30.6 Å². The fraction of sp³-hybridized carbons (Fsp3) is 0.765. The van der Waals surface area contributed by atoms with Crippen LogP contribution in [0.5, 0.6) is 0 Å². The van der Waals surface area contributed by atoms with Crippen molar-refractivity contribution >= 4 is 47.4 Å². The van der Waals surface area contributed by atoms with Crippen LogP contribution in [0.2, 0.25) is 0 Å². The van der Waals surface area contributed by atoms with Crippen LogP contribution in [-0.2, 0) is 43.0 Å². The zero-order valence-electron chi connectivity index (χ0n) is 30.4. The summed E-state index contributed by atoms with van der Waals surface area (Å²) >= 11 is 0. The highest BCUT2D eigenvalue weighted by Crippen LogP contribution is 2.27. The van der Waals surface area contributed by atoms with Gasteiger partial charge >= 0.3 is 12.1 Å². The van der Waals surface area contributed by atoms with Gasteiger partial charge in [0.25, 0.3) is 5.91 Å². The summed E-state index contributed by atoms with van der Waals surface area (Å²) in [5.41, 5.74) is 5.50. The third-order valence-electron chi connectivity index (χ3n) is 8.86. The molecule has 1 saturated heterocycles. The van der Waals surface area contributed by atoms with Crippen molar-refractivity contribution < 1.29 is 52.9 Å². The number of carboxylic acid groups (broad SMARTS) is 1. The van der Waals surface area contributed by atoms with Crippen LogP contribution in [0, 0.1) is 17.8 Å². The number of carboxylic acids is 1. The molecule has 7 N–H and O–H groups in total. The molecule has 1 heterocycles. The third-order valence-corrected chi connectivity index (χ3v) is 8.86. The summed E-state index contributed by atoms with van der Waals surface area (Å²) in [7, 11) is 0. The second-order valence-corrected chi connectivity index (χ2v) is 14.1. The average molecular weight is 725 g/mol. The number of ketones is 1. The van der Waals surface area contributed by atoms with E-state index in [0.717, 1.165) is 37.0 Å². The van der Waals surface area contributed by atoms with Crippen molar-refractivity contribution in [2.45, 2.75) is 123 Å². The lowest BCUT2D eigenvalue weighted by molar-refractivity contribution is -0.144. The van der Waals surface area contributed by atoms with Crippen molar-refractivity contribution in [3.05, 3.63) is 0 Å². The van der Waals surface area contributed by atoms with E-state index < -0.39 is 96.7 Å². The Bertz CT molecular complexity index is 1250. The average Bonchev–Trinajstić information content (AvgIpc) is 3.51. The molecule has 1 aliphatic carbocycles. The summed E-state index contributed by atoms with van der Waals surface area (Å²) in [5.74, 6) is -6.41. The normalized spacial score (nSPS) is 19.5. The Morgan fingerprint density at radius 3 is 2.16 bits per heavy atom. The van der Waals surface area contributed by atoms with Crippen molar-refractivity contribution in [3.63, 3.8) is 0 Å². The summed E-state index contributed by atoms with van der Waals surface area (Å²) in [6, 6.07) is -4.59. The van der Waals surface area contributed by atoms with Gasteiger partial charge in [0.05, 0.1) is 25.3 Å². The Morgan fingerprint density at radius 1 is 0.922 bits per heavy atom. The first-order valence-corrected chi connectivity index (χ1v) is 17.8. The number of amides is 6. The van der Waals surface area contributed by atoms with Crippen molar-refractivity contribution in [2.75, 3.05) is 26.3 Å². The number of hydrogen-bond acceptors (Lipinski definition) is 10. The van der Waals surface area contributed by atoms with Gasteiger partial charge in [0.15, 0.2) is 0 Å². The van der Waals surface area contributed by atoms with Crippen LogP contribution in [0.3, 0.4) is 0 Å². The first-order chi connectivity index (χ1) is 24.0. The molecule has 5 atom stereocenters. The predicted octanol–water partition coefficient (Wildman–Crippen LogP) is 0.375. The smallest absolute Gasteiger partial charge is 0.407 e. The lowest BCUT2D eigenvalue weighted by Gasteiger charge is -2.31. The van der Waals surface area contributed by atoms with Crippen LogP contribution in [0.15, 0.2) is 0 Å². The number of ether oxygens (including phenoxy) is 2. The molecule has 0 bridgehead atoms. The number of carbonyl (C=O) groups is 8. The van der Waals surface area contributed by atoms with Gasteiger partial charge in [0, 0.05) is 13.0 Å². The largest absolute Gasteiger partial charge is 0.480 e. The number of carbonyl (C=O) groups excluding carboxylic acids is 7. The molecule has 2 rings (SSSR count). The van der Waals surface area contributed by atoms with E-state index >= 15 is 0 Å². The zero-order valence-corrected chi connectivity index (χ0v) is 30.4. The molecule has 0 spiro atoms. The molecule has 0 aromatic rings. The molecule has 0 radical (unpaired) electrons. The highest BCUT2D eigenvalue weighted by Gasteiger charge is 2.44. The Morgan fingerprint density at radius 2 is 1.59 bits per heavy atom. The van der Waals surface area contributed by atoms with E-state index in [9.17, 15) is 38.4 Å². The standard InChI is InChI=1S/C34H56N6O11/c1-6-10-23(29(44)32(47)36-15-26(41)37-24(30(35)45)13-21-11-8-7-9-12-21)38-31(46)25-14-22(50-18-27(42)43)16-40(25)33(48)28(20(4)5)39-34(49)51-17-19(2)3/h19-25,28H,6-18H2,1-5H3,(H2,35,45)(H,36,47)(H,37,41)(H,38,46)(H,39,49)(H,42,43). The van der Waals surface area contributed by atoms with Gasteiger partial charge in [-0.2, -0.15) is 0 Å². The number of primary amides is 1. The molecule has 6 amide bonds. The first kappa shape index (κ1) is 42.9. The molecule has 0 aromatic carbocycles. The van der Waals surface area contributed by atoms with E-state index in [2.05, 4.69) is 21.3 Å². The number of rotatable bonds is 20. The molecule has 1 aliphatic heterocycles. The molecule has 5 unspecified atom stereocenters. The second-order valence-electron chi connectivity index (χ2n) is 14.1. The van der Waals surface area contributed by atoms with Gasteiger partial charge in [-0.15, -0.1) is 0 Å². The molecule has 17 nitrogen and oxygen atoms in total. The molecule has 2 fully saturated rings. The summed E-state index contributed by atoms with van der Waals surface area (Å²) in [5, 5.41) is 19.0. The number of likely N-dealkylation sites (tertiary alicyclic amines) is 1. The maximum atomic E-state index is 13.8. The molecule has 2 aliphatic rings. The maximum absolute atomic E-state index is 13.8. The molecule has 17 heteroatoms. The quantitative estimate of drug-likeness (QED) is 0.0936. The summed E-state index contributed by atoms with van der Waals surface area (Å²) in [6.45, 7) is 7.45. The van der Waals surface area contributed by atoms with E-state index in [1.165, 1.54) is 0 Å². The van der Waals surface area contributed by atoms with Gasteiger partial charge < -0.3 is 46.5 Å². The molecular formula is C34H56N6O11. The maximum Gasteiger partial charge on any atom is 0.407 e. The van der Waals surface area contributed by atoms with E-state index in [4.69, 9.17) is 20.3 Å². The molecule has 1 saturated carbocycles. The SMILES string of the molecule is CCCC(NC(=O)C1CC(OCC(=O)O)CN1C(=O)C(NC(=O)OCC(C)C)C(C)C)C(=O)C(=O)NCC(=O)NC(CC1CCCCC1)C(N)=O. The van der Waals surface area contributed by atoms with Crippen LogP contribution in [0.4, 0.5) is 4.79 Å². The van der Waals surface area contributed by atoms with Crippen LogP contribution in [-0.4, -0.2) is 114 Å². The van der Waals surface area contributed by atoms with Crippen LogP contribution >= 0.6 is 0 Å². The summed E-state index contributed by atoms with van der Waals surface area (Å²) in [4.78, 5) is 103. The summed E-state index contributed by atoms with van der Waals surface area (Å²) in [6.07, 6.45) is 4.08. The summed E-state index contributed by atoms with van der Waals surface area (Å²) < 4.78 is 10.6. The van der Waals surface area contributed by atoms with Gasteiger partial charge in [0.2, 0.25) is 29.4 Å². The van der Waals surface area contributed by atoms with E-state index in [1.54, 1.807) is 20.8 Å². The Balaban J connectivity index is 2.12. The van der Waals surface area contributed by atoms with Gasteiger partial charge in [-0.3, -0.25) is 28.8 Å². The van der Waals surface area contributed by atoms with Crippen LogP contribution in [0.1, 0.15) is 92.4 Å². The van der Waals surface area contributed by atoms with Crippen molar-refractivity contribution in [2.24, 2.45) is 23.5 Å². The van der Waals surface area contributed by atoms with Crippen LogP contribution in [0.25, 0.3) is 0 Å². The topological polar surface area (TPSA) is 253 Å². The van der Waals surface area contributed by atoms with Crippen LogP contribution < -0.4 is 27.0 Å². The fourth-order valence-electron chi connectivity index (χ4n) is 6.18. The predicted molar refractivity (Wildman–Crippen MR) is 183 cm³/mol. The van der Waals surface area contributed by atoms with E-state index in [-0.39, 0.29) is 37.8 Å². The molecule has 288 valence electrons. The van der Waals surface area contributed by atoms with Gasteiger partial charge in [-0.25, -0.2) is 9.59 Å². The zero-order chi connectivity index (χ0) is 38.2. The number of nitrogens with two attached hydrogens (primary N) is 1. The number of alkyl carbamates (subject to hydrolysis) is 1. The minimum absolute atomic E-state index is 0.0471. The lowest BCUT2D eigenvalue weighted by Crippen LogP contribution is -2.57. The molecule has 51 heavy (non-hydrogen) atoms. The van der Waals surface area contributed by atoms with E-state index in [1.807, 2.05) is 13.8 Å². The van der Waals surface area contributed by atoms with Crippen molar-refractivity contribution in [1.29, 1.82) is 0 Å². The highest BCUT2D eigenvalue weighted by molar-refractivity contribution is 6.38. The second kappa shape index (κ2) is 21.2. The Labute approximate surface area is 298 Å². The van der Waals surface area contributed by atoms with Crippen molar-refractivity contribution in [1.82, 2.24) is 26.2 Å². The minimum Gasteiger partial charge on any atom is -0.480 e. The van der Waals surface area contributed by atoms with Crippen molar-refractivity contribution in [3.8, 4) is 0 Å². The Hall–Kier alpha value is -4.28. The highest BCUT2D eigenvalue weighted by atomic mass is 16.5. The lowest BCUT2D eigenvalue weighted by atomic mass is 9.84. The monoisotopic (exact) mass is 724 g/mol.